The summed E-state index contributed by atoms with van der Waals surface area (Å²) in [6.45, 7) is 3.73. The summed E-state index contributed by atoms with van der Waals surface area (Å²) in [5.41, 5.74) is 1.90. The number of hydrogen-bond donors (Lipinski definition) is 0. The van der Waals surface area contributed by atoms with Gasteiger partial charge in [0.2, 0.25) is 0 Å². The van der Waals surface area contributed by atoms with Gasteiger partial charge in [0.25, 0.3) is 0 Å². The fourth-order valence-electron chi connectivity index (χ4n) is 2.29. The highest BCUT2D eigenvalue weighted by Gasteiger charge is 2.29. The monoisotopic (exact) mass is 347 g/mol. The first-order valence-corrected chi connectivity index (χ1v) is 7.92. The number of ether oxygens (including phenoxy) is 1. The third-order valence-corrected chi connectivity index (χ3v) is 4.18. The molecule has 21 heavy (non-hydrogen) atoms. The van der Waals surface area contributed by atoms with Crippen LogP contribution >= 0.6 is 15.9 Å². The third kappa shape index (κ3) is 4.16. The maximum absolute atomic E-state index is 6.30. The van der Waals surface area contributed by atoms with Gasteiger partial charge in [0.15, 0.2) is 0 Å². The molecule has 0 aliphatic rings. The van der Waals surface area contributed by atoms with Gasteiger partial charge in [-0.2, -0.15) is 0 Å². The van der Waals surface area contributed by atoms with E-state index in [1.807, 2.05) is 6.07 Å². The first kappa shape index (κ1) is 16.2. The van der Waals surface area contributed by atoms with Crippen LogP contribution in [0, 0.1) is 0 Å². The summed E-state index contributed by atoms with van der Waals surface area (Å²) in [6, 6.07) is 18.8. The van der Waals surface area contributed by atoms with Crippen LogP contribution in [0.3, 0.4) is 0 Å². The van der Waals surface area contributed by atoms with E-state index in [1.165, 1.54) is 5.56 Å². The maximum Gasteiger partial charge on any atom is 0.115 e. The minimum atomic E-state index is -0.433. The molecule has 0 spiro atoms. The van der Waals surface area contributed by atoms with Crippen LogP contribution < -0.4 is 0 Å². The first-order chi connectivity index (χ1) is 10.0. The van der Waals surface area contributed by atoms with Crippen molar-refractivity contribution in [1.29, 1.82) is 0 Å². The van der Waals surface area contributed by atoms with Crippen molar-refractivity contribution in [3.8, 4) is 0 Å². The van der Waals surface area contributed by atoms with Gasteiger partial charge < -0.3 is 9.64 Å². The van der Waals surface area contributed by atoms with Crippen molar-refractivity contribution in [2.75, 3.05) is 27.2 Å². The standard InChI is InChI=1S/C18H22BrNO/c1-18(21-14-13-20(2)3,15-7-5-4-6-8-15)16-9-11-17(19)12-10-16/h4-12H,13-14H2,1-3H3/t18-/m1/s1. The van der Waals surface area contributed by atoms with E-state index in [0.29, 0.717) is 6.61 Å². The van der Waals surface area contributed by atoms with Crippen LogP contribution in [0.1, 0.15) is 18.1 Å². The van der Waals surface area contributed by atoms with E-state index in [0.717, 1.165) is 16.6 Å². The fourth-order valence-corrected chi connectivity index (χ4v) is 2.55. The molecule has 0 aliphatic heterocycles. The smallest absolute Gasteiger partial charge is 0.115 e. The highest BCUT2D eigenvalue weighted by molar-refractivity contribution is 9.10. The average Bonchev–Trinajstić information content (AvgIpc) is 2.48. The fraction of sp³-hybridized carbons (Fsp3) is 0.333. The molecule has 0 saturated carbocycles. The van der Waals surface area contributed by atoms with Gasteiger partial charge in [0.05, 0.1) is 6.61 Å². The molecule has 2 aromatic rings. The number of rotatable bonds is 6. The summed E-state index contributed by atoms with van der Waals surface area (Å²) in [4.78, 5) is 2.13. The Kier molecular flexibility index (Phi) is 5.57. The highest BCUT2D eigenvalue weighted by atomic mass is 79.9. The van der Waals surface area contributed by atoms with Gasteiger partial charge in [0.1, 0.15) is 5.60 Å². The van der Waals surface area contributed by atoms with Gasteiger partial charge in [-0.05, 0) is 44.3 Å². The van der Waals surface area contributed by atoms with Crippen LogP contribution in [0.4, 0.5) is 0 Å². The van der Waals surface area contributed by atoms with Crippen LogP contribution in [-0.4, -0.2) is 32.1 Å². The molecule has 0 bridgehead atoms. The van der Waals surface area contributed by atoms with Gasteiger partial charge in [0, 0.05) is 11.0 Å². The van der Waals surface area contributed by atoms with Crippen molar-refractivity contribution in [1.82, 2.24) is 4.90 Å². The topological polar surface area (TPSA) is 12.5 Å². The van der Waals surface area contributed by atoms with Crippen molar-refractivity contribution in [3.63, 3.8) is 0 Å². The lowest BCUT2D eigenvalue weighted by Gasteiger charge is -2.32. The van der Waals surface area contributed by atoms with E-state index >= 15 is 0 Å². The Morgan fingerprint density at radius 3 is 2.10 bits per heavy atom. The second-order valence-corrected chi connectivity index (χ2v) is 6.47. The normalized spacial score (nSPS) is 14.1. The summed E-state index contributed by atoms with van der Waals surface area (Å²) in [6.07, 6.45) is 0. The van der Waals surface area contributed by atoms with Gasteiger partial charge in [-0.3, -0.25) is 0 Å². The quantitative estimate of drug-likeness (QED) is 0.772. The lowest BCUT2D eigenvalue weighted by molar-refractivity contribution is -0.0101. The molecule has 0 unspecified atom stereocenters. The average molecular weight is 348 g/mol. The molecule has 3 heteroatoms. The van der Waals surface area contributed by atoms with E-state index in [9.17, 15) is 0 Å². The minimum Gasteiger partial charge on any atom is -0.365 e. The van der Waals surface area contributed by atoms with E-state index < -0.39 is 5.60 Å². The number of halogens is 1. The second kappa shape index (κ2) is 7.21. The van der Waals surface area contributed by atoms with Gasteiger partial charge in [-0.1, -0.05) is 58.4 Å². The summed E-state index contributed by atoms with van der Waals surface area (Å²) < 4.78 is 7.37. The molecule has 2 rings (SSSR count). The molecule has 1 atom stereocenters. The zero-order chi connectivity index (χ0) is 15.3. The number of nitrogens with zero attached hydrogens (tertiary/aromatic N) is 1. The molecule has 2 aromatic carbocycles. The van der Waals surface area contributed by atoms with E-state index in [2.05, 4.69) is 90.4 Å². The van der Waals surface area contributed by atoms with Crippen molar-refractivity contribution in [2.24, 2.45) is 0 Å². The minimum absolute atomic E-state index is 0.433. The number of likely N-dealkylation sites (N-methyl/N-ethyl adjacent to an activating group) is 1. The molecule has 0 aliphatic carbocycles. The Balaban J connectivity index is 2.31. The molecular formula is C18H22BrNO. The Morgan fingerprint density at radius 1 is 0.952 bits per heavy atom. The van der Waals surface area contributed by atoms with Crippen LogP contribution in [0.15, 0.2) is 59.1 Å². The summed E-state index contributed by atoms with van der Waals surface area (Å²) in [5.74, 6) is 0. The lowest BCUT2D eigenvalue weighted by Crippen LogP contribution is -2.31. The SMILES string of the molecule is CN(C)CCO[C@](C)(c1ccccc1)c1ccc(Br)cc1. The van der Waals surface area contributed by atoms with E-state index in [1.54, 1.807) is 0 Å². The zero-order valence-corrected chi connectivity index (χ0v) is 14.4. The Morgan fingerprint density at radius 2 is 1.52 bits per heavy atom. The third-order valence-electron chi connectivity index (χ3n) is 3.65. The van der Waals surface area contributed by atoms with Crippen molar-refractivity contribution in [2.45, 2.75) is 12.5 Å². The highest BCUT2D eigenvalue weighted by Crippen LogP contribution is 2.33. The van der Waals surface area contributed by atoms with Crippen LogP contribution in [0.2, 0.25) is 0 Å². The lowest BCUT2D eigenvalue weighted by atomic mass is 9.88. The van der Waals surface area contributed by atoms with Gasteiger partial charge in [-0.15, -0.1) is 0 Å². The number of benzene rings is 2. The Labute approximate surface area is 135 Å². The molecule has 0 N–H and O–H groups in total. The zero-order valence-electron chi connectivity index (χ0n) is 12.8. The van der Waals surface area contributed by atoms with E-state index in [4.69, 9.17) is 4.74 Å². The van der Waals surface area contributed by atoms with Crippen LogP contribution in [0.5, 0.6) is 0 Å². The molecule has 0 saturated heterocycles. The Bertz CT molecular complexity index is 553. The maximum atomic E-state index is 6.30. The summed E-state index contributed by atoms with van der Waals surface area (Å²) >= 11 is 3.49. The van der Waals surface area contributed by atoms with Crippen LogP contribution in [-0.2, 0) is 10.3 Å². The van der Waals surface area contributed by atoms with Gasteiger partial charge in [-0.25, -0.2) is 0 Å². The van der Waals surface area contributed by atoms with Crippen molar-refractivity contribution < 1.29 is 4.74 Å². The van der Waals surface area contributed by atoms with Crippen molar-refractivity contribution >= 4 is 15.9 Å². The molecule has 0 heterocycles. The van der Waals surface area contributed by atoms with Crippen LogP contribution in [0.25, 0.3) is 0 Å². The van der Waals surface area contributed by atoms with Gasteiger partial charge >= 0.3 is 0 Å². The van der Waals surface area contributed by atoms with Crippen molar-refractivity contribution in [3.05, 3.63) is 70.2 Å². The predicted octanol–water partition coefficient (Wildman–Crippen LogP) is 4.29. The molecule has 0 aromatic heterocycles. The molecule has 0 fully saturated rings. The predicted molar refractivity (Wildman–Crippen MR) is 91.5 cm³/mol. The Hall–Kier alpha value is -1.16. The second-order valence-electron chi connectivity index (χ2n) is 5.56. The first-order valence-electron chi connectivity index (χ1n) is 7.12. The summed E-state index contributed by atoms with van der Waals surface area (Å²) in [5, 5.41) is 0. The number of hydrogen-bond acceptors (Lipinski definition) is 2. The van der Waals surface area contributed by atoms with E-state index in [-0.39, 0.29) is 0 Å². The molecular weight excluding hydrogens is 326 g/mol. The molecule has 0 amide bonds. The molecule has 2 nitrogen and oxygen atoms in total. The molecule has 0 radical (unpaired) electrons. The molecule has 112 valence electrons. The summed E-state index contributed by atoms with van der Waals surface area (Å²) in [7, 11) is 4.12. The largest absolute Gasteiger partial charge is 0.365 e.